The van der Waals surface area contributed by atoms with E-state index in [1.165, 1.54) is 3.97 Å². The Hall–Kier alpha value is -2.31. The Morgan fingerprint density at radius 1 is 1.00 bits per heavy atom. The third-order valence-electron chi connectivity index (χ3n) is 5.87. The maximum atomic E-state index is 13.2. The molecule has 1 fully saturated rings. The predicted octanol–water partition coefficient (Wildman–Crippen LogP) is 3.72. The number of fused-ring (bicyclic) bond motifs is 1. The largest absolute Gasteiger partial charge is 0.371 e. The summed E-state index contributed by atoms with van der Waals surface area (Å²) in [4.78, 5) is 4.98. The summed E-state index contributed by atoms with van der Waals surface area (Å²) in [7, 11) is 0.659. The van der Waals surface area contributed by atoms with E-state index in [4.69, 9.17) is 0 Å². The van der Waals surface area contributed by atoms with Crippen molar-refractivity contribution in [1.82, 2.24) is 8.87 Å². The lowest BCUT2D eigenvalue weighted by Crippen LogP contribution is -2.42. The Labute approximate surface area is 167 Å². The molecule has 0 N–H and O–H groups in total. The monoisotopic (exact) mass is 397 g/mol. The number of rotatable bonds is 4. The minimum Gasteiger partial charge on any atom is -0.371 e. The smallest absolute Gasteiger partial charge is 0.268 e. The molecule has 4 rings (SSSR count). The molecular formula is C22H27N3O2S. The van der Waals surface area contributed by atoms with Crippen LogP contribution in [-0.2, 0) is 10.0 Å². The van der Waals surface area contributed by atoms with Gasteiger partial charge < -0.3 is 9.80 Å². The van der Waals surface area contributed by atoms with E-state index in [0.717, 1.165) is 48.1 Å². The van der Waals surface area contributed by atoms with E-state index >= 15 is 0 Å². The van der Waals surface area contributed by atoms with Gasteiger partial charge in [-0.05, 0) is 70.2 Å². The number of aryl methyl sites for hydroxylation is 1. The SMILES string of the molecule is Cc1ccc(S(=O)(=O)n2ccc3c(N(C)C4CCN(C)CC4)cccc32)cc1. The van der Waals surface area contributed by atoms with Crippen molar-refractivity contribution in [3.05, 3.63) is 60.3 Å². The predicted molar refractivity (Wildman–Crippen MR) is 115 cm³/mol. The van der Waals surface area contributed by atoms with E-state index in [0.29, 0.717) is 10.9 Å². The normalized spacial score (nSPS) is 16.5. The fourth-order valence-corrected chi connectivity index (χ4v) is 5.39. The minimum atomic E-state index is -3.62. The highest BCUT2D eigenvalue weighted by Gasteiger charge is 2.24. The second-order valence-corrected chi connectivity index (χ2v) is 9.60. The molecule has 0 amide bonds. The topological polar surface area (TPSA) is 45.6 Å². The van der Waals surface area contributed by atoms with Crippen LogP contribution in [0.2, 0.25) is 0 Å². The zero-order valence-electron chi connectivity index (χ0n) is 16.7. The molecule has 0 spiro atoms. The van der Waals surface area contributed by atoms with Crippen LogP contribution in [0.4, 0.5) is 5.69 Å². The van der Waals surface area contributed by atoms with Gasteiger partial charge in [-0.1, -0.05) is 23.8 Å². The molecular weight excluding hydrogens is 370 g/mol. The van der Waals surface area contributed by atoms with E-state index in [-0.39, 0.29) is 0 Å². The molecule has 1 aromatic heterocycles. The highest BCUT2D eigenvalue weighted by atomic mass is 32.2. The van der Waals surface area contributed by atoms with Gasteiger partial charge in [0.05, 0.1) is 10.4 Å². The van der Waals surface area contributed by atoms with Gasteiger partial charge >= 0.3 is 0 Å². The summed E-state index contributed by atoms with van der Waals surface area (Å²) in [5.74, 6) is 0. The number of hydrogen-bond acceptors (Lipinski definition) is 4. The highest BCUT2D eigenvalue weighted by molar-refractivity contribution is 7.90. The van der Waals surface area contributed by atoms with Crippen LogP contribution in [0.15, 0.2) is 59.6 Å². The Morgan fingerprint density at radius 3 is 2.36 bits per heavy atom. The van der Waals surface area contributed by atoms with Crippen molar-refractivity contribution in [2.45, 2.75) is 30.7 Å². The van der Waals surface area contributed by atoms with Gasteiger partial charge in [-0.2, -0.15) is 0 Å². The van der Waals surface area contributed by atoms with Crippen LogP contribution >= 0.6 is 0 Å². The molecule has 0 atom stereocenters. The lowest BCUT2D eigenvalue weighted by atomic mass is 10.0. The lowest BCUT2D eigenvalue weighted by molar-refractivity contribution is 0.253. The molecule has 3 aromatic rings. The lowest BCUT2D eigenvalue weighted by Gasteiger charge is -2.36. The molecule has 28 heavy (non-hydrogen) atoms. The maximum Gasteiger partial charge on any atom is 0.268 e. The van der Waals surface area contributed by atoms with Crippen molar-refractivity contribution in [2.24, 2.45) is 0 Å². The van der Waals surface area contributed by atoms with Crippen molar-refractivity contribution in [3.63, 3.8) is 0 Å². The fourth-order valence-electron chi connectivity index (χ4n) is 4.05. The molecule has 0 saturated carbocycles. The standard InChI is InChI=1S/C22H27N3O2S/c1-17-7-9-19(10-8-17)28(26,27)25-16-13-20-21(5-4-6-22(20)25)24(3)18-11-14-23(2)15-12-18/h4-10,13,16,18H,11-12,14-15H2,1-3H3. The molecule has 0 unspecified atom stereocenters. The summed E-state index contributed by atoms with van der Waals surface area (Å²) < 4.78 is 27.8. The van der Waals surface area contributed by atoms with Gasteiger partial charge in [-0.25, -0.2) is 12.4 Å². The molecule has 5 nitrogen and oxygen atoms in total. The molecule has 1 aliphatic rings. The van der Waals surface area contributed by atoms with Crippen LogP contribution in [-0.4, -0.2) is 50.5 Å². The third-order valence-corrected chi connectivity index (χ3v) is 7.57. The van der Waals surface area contributed by atoms with Crippen molar-refractivity contribution < 1.29 is 8.42 Å². The summed E-state index contributed by atoms with van der Waals surface area (Å²) in [6.07, 6.45) is 3.91. The second kappa shape index (κ2) is 7.26. The number of anilines is 1. The average Bonchev–Trinajstić information content (AvgIpc) is 3.13. The Bertz CT molecular complexity index is 1080. The van der Waals surface area contributed by atoms with Gasteiger partial charge in [-0.15, -0.1) is 0 Å². The Kier molecular flexibility index (Phi) is 4.93. The molecule has 2 aromatic carbocycles. The first-order valence-corrected chi connectivity index (χ1v) is 11.2. The van der Waals surface area contributed by atoms with E-state index in [9.17, 15) is 8.42 Å². The molecule has 0 aliphatic carbocycles. The first-order valence-electron chi connectivity index (χ1n) is 9.71. The van der Waals surface area contributed by atoms with E-state index in [1.54, 1.807) is 18.3 Å². The van der Waals surface area contributed by atoms with Gasteiger partial charge in [-0.3, -0.25) is 0 Å². The summed E-state index contributed by atoms with van der Waals surface area (Å²) in [5.41, 5.74) is 2.85. The van der Waals surface area contributed by atoms with Crippen molar-refractivity contribution in [3.8, 4) is 0 Å². The number of nitrogens with zero attached hydrogens (tertiary/aromatic N) is 3. The second-order valence-electron chi connectivity index (χ2n) is 7.78. The number of piperidine rings is 1. The average molecular weight is 398 g/mol. The van der Waals surface area contributed by atoms with Crippen LogP contribution in [0.3, 0.4) is 0 Å². The Balaban J connectivity index is 1.73. The molecule has 0 bridgehead atoms. The summed E-state index contributed by atoms with van der Waals surface area (Å²) in [6.45, 7) is 4.13. The van der Waals surface area contributed by atoms with Gasteiger partial charge in [0.1, 0.15) is 0 Å². The van der Waals surface area contributed by atoms with Crippen LogP contribution < -0.4 is 4.90 Å². The number of benzene rings is 2. The summed E-state index contributed by atoms with van der Waals surface area (Å²) in [6, 6.07) is 15.3. The minimum absolute atomic E-state index is 0.310. The van der Waals surface area contributed by atoms with Crippen molar-refractivity contribution in [1.29, 1.82) is 0 Å². The van der Waals surface area contributed by atoms with Gasteiger partial charge in [0.25, 0.3) is 10.0 Å². The van der Waals surface area contributed by atoms with E-state index in [2.05, 4.69) is 30.0 Å². The van der Waals surface area contributed by atoms with E-state index in [1.807, 2.05) is 37.3 Å². The molecule has 148 valence electrons. The number of aromatic nitrogens is 1. The van der Waals surface area contributed by atoms with Crippen LogP contribution in [0.1, 0.15) is 18.4 Å². The molecule has 1 aliphatic heterocycles. The van der Waals surface area contributed by atoms with Gasteiger partial charge in [0.15, 0.2) is 0 Å². The number of likely N-dealkylation sites (tertiary alicyclic amines) is 1. The molecule has 1 saturated heterocycles. The van der Waals surface area contributed by atoms with Crippen molar-refractivity contribution >= 4 is 26.6 Å². The van der Waals surface area contributed by atoms with Crippen molar-refractivity contribution in [2.75, 3.05) is 32.1 Å². The molecule has 2 heterocycles. The van der Waals surface area contributed by atoms with Crippen LogP contribution in [0.5, 0.6) is 0 Å². The molecule has 0 radical (unpaired) electrons. The first-order chi connectivity index (χ1) is 13.4. The fraction of sp³-hybridized carbons (Fsp3) is 0.364. The first kappa shape index (κ1) is 19.0. The number of hydrogen-bond donors (Lipinski definition) is 0. The quantitative estimate of drug-likeness (QED) is 0.673. The summed E-state index contributed by atoms with van der Waals surface area (Å²) in [5, 5.41) is 0.972. The zero-order valence-corrected chi connectivity index (χ0v) is 17.5. The summed E-state index contributed by atoms with van der Waals surface area (Å²) >= 11 is 0. The Morgan fingerprint density at radius 2 is 1.68 bits per heavy atom. The van der Waals surface area contributed by atoms with Gasteiger partial charge in [0.2, 0.25) is 0 Å². The van der Waals surface area contributed by atoms with Crippen LogP contribution in [0, 0.1) is 6.92 Å². The maximum absolute atomic E-state index is 13.2. The zero-order chi connectivity index (χ0) is 19.9. The third kappa shape index (κ3) is 3.31. The highest BCUT2D eigenvalue weighted by Crippen LogP contribution is 2.32. The van der Waals surface area contributed by atoms with Crippen LogP contribution in [0.25, 0.3) is 10.9 Å². The van der Waals surface area contributed by atoms with E-state index < -0.39 is 10.0 Å². The van der Waals surface area contributed by atoms with Gasteiger partial charge in [0, 0.05) is 30.4 Å². The molecule has 6 heteroatoms.